The molecule has 0 saturated carbocycles. The van der Waals surface area contributed by atoms with Crippen molar-refractivity contribution in [3.05, 3.63) is 89.0 Å². The number of carbonyl (C=O) groups excluding carboxylic acids is 2. The summed E-state index contributed by atoms with van der Waals surface area (Å²) < 4.78 is 1.70. The molecule has 0 saturated heterocycles. The molecule has 1 unspecified atom stereocenters. The number of aryl methyl sites for hydroxylation is 2. The van der Waals surface area contributed by atoms with Crippen molar-refractivity contribution in [2.75, 3.05) is 12.4 Å². The number of hydrogen-bond acceptors (Lipinski definition) is 5. The zero-order chi connectivity index (χ0) is 24.2. The Hall–Kier alpha value is -4.07. The molecule has 4 aromatic rings. The molecule has 8 heteroatoms. The maximum Gasteiger partial charge on any atom is 0.255 e. The van der Waals surface area contributed by atoms with E-state index < -0.39 is 0 Å². The smallest absolute Gasteiger partial charge is 0.255 e. The maximum absolute atomic E-state index is 13.0. The molecule has 0 aliphatic heterocycles. The van der Waals surface area contributed by atoms with E-state index in [1.54, 1.807) is 28.6 Å². The van der Waals surface area contributed by atoms with E-state index in [0.717, 1.165) is 22.5 Å². The van der Waals surface area contributed by atoms with Crippen LogP contribution in [0.15, 0.2) is 60.9 Å². The van der Waals surface area contributed by atoms with E-state index >= 15 is 0 Å². The first-order valence-electron chi connectivity index (χ1n) is 11.2. The van der Waals surface area contributed by atoms with Crippen molar-refractivity contribution in [3.63, 3.8) is 0 Å². The van der Waals surface area contributed by atoms with Gasteiger partial charge in [0.1, 0.15) is 6.33 Å². The third-order valence-corrected chi connectivity index (χ3v) is 6.21. The van der Waals surface area contributed by atoms with Crippen LogP contribution in [0, 0.1) is 13.8 Å². The molecule has 2 aromatic carbocycles. The number of hydrogen-bond donors (Lipinski definition) is 1. The van der Waals surface area contributed by atoms with Gasteiger partial charge in [-0.1, -0.05) is 30.3 Å². The Bertz CT molecular complexity index is 1330. The van der Waals surface area contributed by atoms with E-state index in [4.69, 9.17) is 0 Å². The number of benzene rings is 2. The van der Waals surface area contributed by atoms with Gasteiger partial charge in [0.2, 0.25) is 5.91 Å². The van der Waals surface area contributed by atoms with Crippen LogP contribution in [0.5, 0.6) is 0 Å². The summed E-state index contributed by atoms with van der Waals surface area (Å²) in [6, 6.07) is 16.5. The second kappa shape index (κ2) is 9.82. The van der Waals surface area contributed by atoms with E-state index in [0.29, 0.717) is 29.9 Å². The average molecular weight is 457 g/mol. The van der Waals surface area contributed by atoms with Gasteiger partial charge >= 0.3 is 0 Å². The van der Waals surface area contributed by atoms with Gasteiger partial charge in [0.25, 0.3) is 11.7 Å². The maximum atomic E-state index is 13.0. The molecule has 2 aromatic heterocycles. The summed E-state index contributed by atoms with van der Waals surface area (Å²) >= 11 is 0. The van der Waals surface area contributed by atoms with Crippen LogP contribution in [0.4, 0.5) is 5.69 Å². The Labute approximate surface area is 198 Å². The predicted molar refractivity (Wildman–Crippen MR) is 131 cm³/mol. The van der Waals surface area contributed by atoms with E-state index in [2.05, 4.69) is 20.4 Å². The van der Waals surface area contributed by atoms with Gasteiger partial charge < -0.3 is 10.2 Å². The van der Waals surface area contributed by atoms with Crippen LogP contribution in [-0.2, 0) is 11.2 Å². The third kappa shape index (κ3) is 4.80. The summed E-state index contributed by atoms with van der Waals surface area (Å²) in [5, 5.41) is 7.15. The van der Waals surface area contributed by atoms with Gasteiger partial charge in [-0.15, -0.1) is 0 Å². The normalized spacial score (nSPS) is 11.9. The molecule has 0 fully saturated rings. The molecule has 8 nitrogen and oxygen atoms in total. The Morgan fingerprint density at radius 1 is 1.09 bits per heavy atom. The Morgan fingerprint density at radius 3 is 2.62 bits per heavy atom. The molecule has 0 bridgehead atoms. The van der Waals surface area contributed by atoms with Gasteiger partial charge in [-0.2, -0.15) is 10.1 Å². The second-order valence-corrected chi connectivity index (χ2v) is 8.36. The number of nitrogens with one attached hydrogen (secondary N) is 1. The highest BCUT2D eigenvalue weighted by atomic mass is 16.2. The van der Waals surface area contributed by atoms with Crippen LogP contribution >= 0.6 is 0 Å². The number of fused-ring (bicyclic) bond motifs is 1. The van der Waals surface area contributed by atoms with E-state index in [1.807, 2.05) is 63.2 Å². The summed E-state index contributed by atoms with van der Waals surface area (Å²) in [4.78, 5) is 35.9. The number of amides is 2. The lowest BCUT2D eigenvalue weighted by Gasteiger charge is -2.26. The topological polar surface area (TPSA) is 92.5 Å². The molecule has 2 heterocycles. The predicted octanol–water partition coefficient (Wildman–Crippen LogP) is 4.15. The van der Waals surface area contributed by atoms with Gasteiger partial charge in [-0.25, -0.2) is 9.50 Å². The van der Waals surface area contributed by atoms with Crippen molar-refractivity contribution in [3.8, 4) is 0 Å². The standard InChI is InChI=1S/C26H28N6O2/c1-17-23(19(3)32-26(29-17)27-16-28-32)13-14-24(33)31(4)18(2)21-11-8-12-22(15-21)30-25(34)20-9-6-5-7-10-20/h5-12,15-16,18H,13-14H2,1-4H3,(H,30,34). The fourth-order valence-electron chi connectivity index (χ4n) is 4.03. The summed E-state index contributed by atoms with van der Waals surface area (Å²) in [5.74, 6) is 0.428. The SMILES string of the molecule is Cc1nc2ncnn2c(C)c1CCC(=O)N(C)C(C)c1cccc(NC(=O)c2ccccc2)c1. The van der Waals surface area contributed by atoms with Gasteiger partial charge in [0, 0.05) is 36.1 Å². The highest BCUT2D eigenvalue weighted by Gasteiger charge is 2.19. The Morgan fingerprint density at radius 2 is 1.85 bits per heavy atom. The lowest BCUT2D eigenvalue weighted by Crippen LogP contribution is -2.30. The summed E-state index contributed by atoms with van der Waals surface area (Å²) in [7, 11) is 1.81. The van der Waals surface area contributed by atoms with Crippen LogP contribution in [0.25, 0.3) is 5.78 Å². The fourth-order valence-corrected chi connectivity index (χ4v) is 4.03. The largest absolute Gasteiger partial charge is 0.339 e. The molecular formula is C26H28N6O2. The van der Waals surface area contributed by atoms with Crippen LogP contribution in [0.3, 0.4) is 0 Å². The quantitative estimate of drug-likeness (QED) is 0.451. The van der Waals surface area contributed by atoms with Gasteiger partial charge in [0.15, 0.2) is 0 Å². The van der Waals surface area contributed by atoms with E-state index in [-0.39, 0.29) is 17.9 Å². The van der Waals surface area contributed by atoms with Crippen molar-refractivity contribution in [1.82, 2.24) is 24.5 Å². The van der Waals surface area contributed by atoms with Crippen LogP contribution in [0.2, 0.25) is 0 Å². The van der Waals surface area contributed by atoms with Gasteiger partial charge in [-0.05, 0) is 62.6 Å². The molecular weight excluding hydrogens is 428 g/mol. The summed E-state index contributed by atoms with van der Waals surface area (Å²) in [6.45, 7) is 5.89. The minimum absolute atomic E-state index is 0.0312. The highest BCUT2D eigenvalue weighted by molar-refractivity contribution is 6.04. The molecule has 1 N–H and O–H groups in total. The van der Waals surface area contributed by atoms with Gasteiger partial charge in [0.05, 0.1) is 6.04 Å². The van der Waals surface area contributed by atoms with Crippen LogP contribution < -0.4 is 5.32 Å². The van der Waals surface area contributed by atoms with Crippen molar-refractivity contribution < 1.29 is 9.59 Å². The summed E-state index contributed by atoms with van der Waals surface area (Å²) in [5.41, 5.74) is 5.06. The fraction of sp³-hybridized carbons (Fsp3) is 0.269. The summed E-state index contributed by atoms with van der Waals surface area (Å²) in [6.07, 6.45) is 2.41. The monoisotopic (exact) mass is 456 g/mol. The lowest BCUT2D eigenvalue weighted by atomic mass is 10.0. The molecule has 1 atom stereocenters. The highest BCUT2D eigenvalue weighted by Crippen LogP contribution is 2.24. The molecule has 0 spiro atoms. The minimum atomic E-state index is -0.168. The molecule has 0 aliphatic rings. The van der Waals surface area contributed by atoms with Crippen molar-refractivity contribution >= 4 is 23.3 Å². The first kappa shape index (κ1) is 23.1. The van der Waals surface area contributed by atoms with Crippen LogP contribution in [-0.4, -0.2) is 43.3 Å². The first-order valence-corrected chi connectivity index (χ1v) is 11.2. The molecule has 0 radical (unpaired) electrons. The molecule has 4 rings (SSSR count). The lowest BCUT2D eigenvalue weighted by molar-refractivity contribution is -0.131. The zero-order valence-corrected chi connectivity index (χ0v) is 19.8. The average Bonchev–Trinajstić information content (AvgIpc) is 3.32. The van der Waals surface area contributed by atoms with Crippen molar-refractivity contribution in [1.29, 1.82) is 0 Å². The second-order valence-electron chi connectivity index (χ2n) is 8.36. The zero-order valence-electron chi connectivity index (χ0n) is 19.8. The van der Waals surface area contributed by atoms with Crippen molar-refractivity contribution in [2.24, 2.45) is 0 Å². The van der Waals surface area contributed by atoms with Crippen LogP contribution in [0.1, 0.15) is 52.3 Å². The van der Waals surface area contributed by atoms with E-state index in [9.17, 15) is 9.59 Å². The molecule has 2 amide bonds. The number of nitrogens with zero attached hydrogens (tertiary/aromatic N) is 5. The number of anilines is 1. The van der Waals surface area contributed by atoms with Crippen molar-refractivity contribution in [2.45, 2.75) is 39.7 Å². The molecule has 0 aliphatic carbocycles. The number of aromatic nitrogens is 4. The first-order chi connectivity index (χ1) is 16.3. The number of rotatable bonds is 7. The third-order valence-electron chi connectivity index (χ3n) is 6.21. The molecule has 174 valence electrons. The van der Waals surface area contributed by atoms with Gasteiger partial charge in [-0.3, -0.25) is 9.59 Å². The molecule has 34 heavy (non-hydrogen) atoms. The minimum Gasteiger partial charge on any atom is -0.339 e. The Kier molecular flexibility index (Phi) is 6.67. The Balaban J connectivity index is 1.42. The van der Waals surface area contributed by atoms with E-state index in [1.165, 1.54) is 6.33 Å². The number of carbonyl (C=O) groups is 2.